The van der Waals surface area contributed by atoms with E-state index in [-0.39, 0.29) is 18.0 Å². The van der Waals surface area contributed by atoms with Gasteiger partial charge in [0.25, 0.3) is 0 Å². The zero-order valence-corrected chi connectivity index (χ0v) is 22.3. The second-order valence-electron chi connectivity index (χ2n) is 9.22. The van der Waals surface area contributed by atoms with Crippen LogP contribution < -0.4 is 10.6 Å². The van der Waals surface area contributed by atoms with Gasteiger partial charge in [0.1, 0.15) is 0 Å². The minimum Gasteiger partial charge on any atom is -0.352 e. The van der Waals surface area contributed by atoms with E-state index in [1.807, 2.05) is 80.7 Å². The molecule has 0 saturated carbocycles. The summed E-state index contributed by atoms with van der Waals surface area (Å²) in [7, 11) is 0. The number of thiocarbonyl (C=S) groups is 1. The van der Waals surface area contributed by atoms with Crippen molar-refractivity contribution in [1.29, 1.82) is 0 Å². The first-order valence-corrected chi connectivity index (χ1v) is 13.0. The van der Waals surface area contributed by atoms with Gasteiger partial charge in [-0.2, -0.15) is 0 Å². The van der Waals surface area contributed by atoms with Crippen LogP contribution in [-0.2, 0) is 4.79 Å². The van der Waals surface area contributed by atoms with E-state index >= 15 is 0 Å². The molecule has 4 aromatic rings. The van der Waals surface area contributed by atoms with Crippen molar-refractivity contribution in [2.45, 2.75) is 32.4 Å². The van der Waals surface area contributed by atoms with E-state index in [0.29, 0.717) is 18.1 Å². The highest BCUT2D eigenvalue weighted by atomic mass is 35.5. The number of amides is 1. The number of aromatic nitrogens is 2. The van der Waals surface area contributed by atoms with E-state index < -0.39 is 0 Å². The van der Waals surface area contributed by atoms with Crippen LogP contribution >= 0.6 is 23.8 Å². The van der Waals surface area contributed by atoms with E-state index in [1.54, 1.807) is 6.20 Å². The van der Waals surface area contributed by atoms with Crippen molar-refractivity contribution in [2.24, 2.45) is 0 Å². The largest absolute Gasteiger partial charge is 0.352 e. The molecule has 5 rings (SSSR count). The van der Waals surface area contributed by atoms with Gasteiger partial charge in [0.15, 0.2) is 5.11 Å². The van der Waals surface area contributed by atoms with Gasteiger partial charge in [-0.3, -0.25) is 9.78 Å². The SMILES string of the molecule is Cc1ccc(NC(=O)CCN2C(=S)N[C@@H](c3ccccn3)[C@@H]2c2cccn2-c2ccc(Cl)c(C)c2)cc1. The van der Waals surface area contributed by atoms with Gasteiger partial charge in [-0.1, -0.05) is 35.4 Å². The maximum Gasteiger partial charge on any atom is 0.226 e. The van der Waals surface area contributed by atoms with Crippen LogP contribution in [0.5, 0.6) is 0 Å². The smallest absolute Gasteiger partial charge is 0.226 e. The first-order valence-electron chi connectivity index (χ1n) is 12.2. The van der Waals surface area contributed by atoms with Gasteiger partial charge in [-0.15, -0.1) is 0 Å². The Hall–Kier alpha value is -3.68. The van der Waals surface area contributed by atoms with E-state index in [1.165, 1.54) is 0 Å². The second kappa shape index (κ2) is 10.7. The molecule has 3 heterocycles. The minimum absolute atomic E-state index is 0.0598. The highest BCUT2D eigenvalue weighted by Crippen LogP contribution is 2.39. The van der Waals surface area contributed by atoms with Crippen LogP contribution in [-0.4, -0.2) is 32.0 Å². The summed E-state index contributed by atoms with van der Waals surface area (Å²) in [5.74, 6) is -0.0598. The van der Waals surface area contributed by atoms with Crippen LogP contribution in [0.1, 0.15) is 41.0 Å². The third-order valence-electron chi connectivity index (χ3n) is 6.62. The molecule has 1 saturated heterocycles. The number of pyridine rings is 1. The van der Waals surface area contributed by atoms with Crippen molar-refractivity contribution in [2.75, 3.05) is 11.9 Å². The van der Waals surface area contributed by atoms with Crippen LogP contribution in [0.25, 0.3) is 5.69 Å². The van der Waals surface area contributed by atoms with E-state index in [2.05, 4.69) is 37.2 Å². The number of nitrogens with one attached hydrogen (secondary N) is 2. The number of aryl methyl sites for hydroxylation is 2. The third-order valence-corrected chi connectivity index (χ3v) is 7.39. The molecular weight excluding hydrogens is 502 g/mol. The fourth-order valence-corrected chi connectivity index (χ4v) is 5.15. The summed E-state index contributed by atoms with van der Waals surface area (Å²) in [4.78, 5) is 19.5. The van der Waals surface area contributed by atoms with Gasteiger partial charge in [-0.25, -0.2) is 0 Å². The molecule has 2 atom stereocenters. The summed E-state index contributed by atoms with van der Waals surface area (Å²) in [6, 6.07) is 23.4. The second-order valence-corrected chi connectivity index (χ2v) is 10.0. The Bertz CT molecular complexity index is 1420. The lowest BCUT2D eigenvalue weighted by Crippen LogP contribution is -2.33. The number of carbonyl (C=O) groups is 1. The molecule has 2 aromatic heterocycles. The van der Waals surface area contributed by atoms with Crippen LogP contribution in [0.15, 0.2) is 85.2 Å². The molecular formula is C29H28ClN5OS. The summed E-state index contributed by atoms with van der Waals surface area (Å²) in [6.07, 6.45) is 4.12. The fourth-order valence-electron chi connectivity index (χ4n) is 4.70. The summed E-state index contributed by atoms with van der Waals surface area (Å²) in [5.41, 5.74) is 5.88. The van der Waals surface area contributed by atoms with Crippen LogP contribution in [0.3, 0.4) is 0 Å². The lowest BCUT2D eigenvalue weighted by atomic mass is 10.0. The van der Waals surface area contributed by atoms with E-state index in [4.69, 9.17) is 23.8 Å². The van der Waals surface area contributed by atoms with Crippen LogP contribution in [0.4, 0.5) is 5.69 Å². The number of hydrogen-bond donors (Lipinski definition) is 2. The molecule has 2 N–H and O–H groups in total. The molecule has 0 bridgehead atoms. The Morgan fingerprint density at radius 3 is 2.62 bits per heavy atom. The normalized spacial score (nSPS) is 17.1. The first-order chi connectivity index (χ1) is 17.9. The highest BCUT2D eigenvalue weighted by molar-refractivity contribution is 7.80. The third kappa shape index (κ3) is 5.38. The molecule has 2 aromatic carbocycles. The van der Waals surface area contributed by atoms with E-state index in [9.17, 15) is 4.79 Å². The van der Waals surface area contributed by atoms with Crippen molar-refractivity contribution in [3.05, 3.63) is 113 Å². The highest BCUT2D eigenvalue weighted by Gasteiger charge is 2.41. The van der Waals surface area contributed by atoms with Crippen molar-refractivity contribution in [1.82, 2.24) is 19.8 Å². The standard InChI is InChI=1S/C29H28ClN5OS/c1-19-8-10-21(11-9-19)32-26(36)14-17-35-28(27(33-29(35)37)24-6-3-4-15-31-24)25-7-5-16-34(25)22-12-13-23(30)20(2)18-22/h3-13,15-16,18,27-28H,14,17H2,1-2H3,(H,32,36)(H,33,37)/t27-,28-/m0/s1. The van der Waals surface area contributed by atoms with Crippen LogP contribution in [0, 0.1) is 13.8 Å². The van der Waals surface area contributed by atoms with Gasteiger partial charge in [0, 0.05) is 47.5 Å². The quantitative estimate of drug-likeness (QED) is 0.281. The molecule has 188 valence electrons. The lowest BCUT2D eigenvalue weighted by molar-refractivity contribution is -0.116. The molecule has 6 nitrogen and oxygen atoms in total. The summed E-state index contributed by atoms with van der Waals surface area (Å²) < 4.78 is 2.15. The van der Waals surface area contributed by atoms with Gasteiger partial charge in [0.2, 0.25) is 5.91 Å². The van der Waals surface area contributed by atoms with Crippen molar-refractivity contribution >= 4 is 40.5 Å². The maximum atomic E-state index is 12.8. The molecule has 0 spiro atoms. The molecule has 8 heteroatoms. The number of carbonyl (C=O) groups excluding carboxylic acids is 1. The van der Waals surface area contributed by atoms with Crippen molar-refractivity contribution < 1.29 is 4.79 Å². The molecule has 1 aliphatic heterocycles. The monoisotopic (exact) mass is 529 g/mol. The van der Waals surface area contributed by atoms with Crippen molar-refractivity contribution in [3.63, 3.8) is 0 Å². The lowest BCUT2D eigenvalue weighted by Gasteiger charge is -2.29. The Kier molecular flexibility index (Phi) is 7.26. The Morgan fingerprint density at radius 2 is 1.89 bits per heavy atom. The molecule has 37 heavy (non-hydrogen) atoms. The summed E-state index contributed by atoms with van der Waals surface area (Å²) >= 11 is 12.1. The molecule has 1 fully saturated rings. The Labute approximate surface area is 227 Å². The number of hydrogen-bond acceptors (Lipinski definition) is 3. The van der Waals surface area contributed by atoms with Gasteiger partial charge in [-0.05, 0) is 86.2 Å². The molecule has 0 radical (unpaired) electrons. The predicted octanol–water partition coefficient (Wildman–Crippen LogP) is 6.14. The topological polar surface area (TPSA) is 62.2 Å². The molecule has 0 aliphatic carbocycles. The van der Waals surface area contributed by atoms with E-state index in [0.717, 1.165) is 38.9 Å². The zero-order valence-electron chi connectivity index (χ0n) is 20.7. The predicted molar refractivity (Wildman–Crippen MR) is 152 cm³/mol. The first kappa shape index (κ1) is 25.0. The minimum atomic E-state index is -0.170. The van der Waals surface area contributed by atoms with Crippen molar-refractivity contribution in [3.8, 4) is 5.69 Å². The average molecular weight is 530 g/mol. The van der Waals surface area contributed by atoms with Gasteiger partial charge >= 0.3 is 0 Å². The summed E-state index contributed by atoms with van der Waals surface area (Å²) in [5, 5.41) is 7.79. The number of benzene rings is 2. The number of nitrogens with zero attached hydrogens (tertiary/aromatic N) is 3. The molecule has 1 aliphatic rings. The fraction of sp³-hybridized carbons (Fsp3) is 0.207. The summed E-state index contributed by atoms with van der Waals surface area (Å²) in [6.45, 7) is 4.48. The number of rotatable bonds is 7. The Morgan fingerprint density at radius 1 is 1.08 bits per heavy atom. The zero-order chi connectivity index (χ0) is 25.9. The molecule has 0 unspecified atom stereocenters. The Balaban J connectivity index is 1.44. The van der Waals surface area contributed by atoms with Gasteiger partial charge < -0.3 is 20.1 Å². The molecule has 1 amide bonds. The van der Waals surface area contributed by atoms with Gasteiger partial charge in [0.05, 0.1) is 17.8 Å². The number of halogens is 1. The average Bonchev–Trinajstić information content (AvgIpc) is 3.50. The van der Waals surface area contributed by atoms with Crippen LogP contribution in [0.2, 0.25) is 5.02 Å². The number of anilines is 1. The maximum absolute atomic E-state index is 12.8.